The van der Waals surface area contributed by atoms with Crippen LogP contribution in [-0.2, 0) is 4.79 Å². The van der Waals surface area contributed by atoms with Crippen molar-refractivity contribution in [1.29, 1.82) is 0 Å². The second-order valence-electron chi connectivity index (χ2n) is 4.77. The van der Waals surface area contributed by atoms with Crippen LogP contribution in [0.3, 0.4) is 0 Å². The highest BCUT2D eigenvalue weighted by atomic mass is 32.1. The lowest BCUT2D eigenvalue weighted by Crippen LogP contribution is -2.50. The summed E-state index contributed by atoms with van der Waals surface area (Å²) < 4.78 is 0. The molecule has 0 aromatic carbocycles. The lowest BCUT2D eigenvalue weighted by atomic mass is 10.3. The number of thiocarbonyl (C=S) groups is 1. The average Bonchev–Trinajstić information content (AvgIpc) is 2.34. The first-order chi connectivity index (χ1) is 8.52. The van der Waals surface area contributed by atoms with Gasteiger partial charge in [0.2, 0.25) is 5.91 Å². The molecule has 0 unspecified atom stereocenters. The number of hydrogen-bond donors (Lipinski definition) is 1. The molecule has 0 atom stereocenters. The smallest absolute Gasteiger partial charge is 0.236 e. The number of piperazine rings is 1. The first kappa shape index (κ1) is 15.3. The van der Waals surface area contributed by atoms with E-state index in [4.69, 9.17) is 18.0 Å². The molecule has 0 aliphatic carbocycles. The van der Waals surface area contributed by atoms with Crippen molar-refractivity contribution >= 4 is 23.1 Å². The van der Waals surface area contributed by atoms with E-state index in [0.29, 0.717) is 18.0 Å². The van der Waals surface area contributed by atoms with E-state index >= 15 is 0 Å². The number of rotatable bonds is 6. The van der Waals surface area contributed by atoms with Gasteiger partial charge < -0.3 is 15.5 Å². The second kappa shape index (κ2) is 7.66. The standard InChI is InChI=1S/C12H24N4OS/c1-3-15(5-4-11(13)18)10-12(17)16-8-6-14(2)7-9-16/h3-10H2,1-2H3,(H2,13,18). The van der Waals surface area contributed by atoms with Gasteiger partial charge in [0, 0.05) is 39.1 Å². The van der Waals surface area contributed by atoms with Crippen molar-refractivity contribution in [3.05, 3.63) is 0 Å². The van der Waals surface area contributed by atoms with E-state index in [-0.39, 0.29) is 5.91 Å². The summed E-state index contributed by atoms with van der Waals surface area (Å²) in [6.45, 7) is 7.74. The molecular weight excluding hydrogens is 248 g/mol. The highest BCUT2D eigenvalue weighted by Crippen LogP contribution is 2.01. The molecule has 1 aliphatic heterocycles. The van der Waals surface area contributed by atoms with Crippen molar-refractivity contribution in [2.75, 3.05) is 52.9 Å². The zero-order valence-electron chi connectivity index (χ0n) is 11.4. The molecule has 1 fully saturated rings. The fraction of sp³-hybridized carbons (Fsp3) is 0.833. The van der Waals surface area contributed by atoms with Crippen LogP contribution < -0.4 is 5.73 Å². The van der Waals surface area contributed by atoms with Gasteiger partial charge in [-0.15, -0.1) is 0 Å². The van der Waals surface area contributed by atoms with Crippen molar-refractivity contribution in [2.45, 2.75) is 13.3 Å². The van der Waals surface area contributed by atoms with E-state index in [1.54, 1.807) is 0 Å². The maximum absolute atomic E-state index is 12.1. The van der Waals surface area contributed by atoms with Crippen molar-refractivity contribution < 1.29 is 4.79 Å². The van der Waals surface area contributed by atoms with Crippen LogP contribution in [0.4, 0.5) is 0 Å². The molecule has 0 radical (unpaired) electrons. The van der Waals surface area contributed by atoms with E-state index in [1.807, 2.05) is 4.90 Å². The van der Waals surface area contributed by atoms with Gasteiger partial charge in [0.1, 0.15) is 0 Å². The Morgan fingerprint density at radius 3 is 2.44 bits per heavy atom. The molecule has 104 valence electrons. The summed E-state index contributed by atoms with van der Waals surface area (Å²) in [6.07, 6.45) is 0.680. The summed E-state index contributed by atoms with van der Waals surface area (Å²) >= 11 is 4.86. The molecule has 0 aromatic rings. The van der Waals surface area contributed by atoms with Crippen LogP contribution in [0.2, 0.25) is 0 Å². The van der Waals surface area contributed by atoms with Crippen LogP contribution in [0.15, 0.2) is 0 Å². The highest BCUT2D eigenvalue weighted by Gasteiger charge is 2.20. The van der Waals surface area contributed by atoms with Gasteiger partial charge >= 0.3 is 0 Å². The number of hydrogen-bond acceptors (Lipinski definition) is 4. The lowest BCUT2D eigenvalue weighted by molar-refractivity contribution is -0.133. The number of carbonyl (C=O) groups is 1. The van der Waals surface area contributed by atoms with Crippen molar-refractivity contribution in [3.63, 3.8) is 0 Å². The normalized spacial score (nSPS) is 17.2. The number of likely N-dealkylation sites (N-methyl/N-ethyl adjacent to an activating group) is 2. The zero-order chi connectivity index (χ0) is 13.5. The van der Waals surface area contributed by atoms with Crippen molar-refractivity contribution in [1.82, 2.24) is 14.7 Å². The van der Waals surface area contributed by atoms with Crippen LogP contribution in [0.25, 0.3) is 0 Å². The molecular formula is C12H24N4OS. The maximum atomic E-state index is 12.1. The van der Waals surface area contributed by atoms with Gasteiger partial charge in [0.15, 0.2) is 0 Å². The summed E-state index contributed by atoms with van der Waals surface area (Å²) in [5.41, 5.74) is 5.49. The Morgan fingerprint density at radius 2 is 1.94 bits per heavy atom. The number of amides is 1. The van der Waals surface area contributed by atoms with E-state index in [0.717, 1.165) is 39.3 Å². The largest absolute Gasteiger partial charge is 0.393 e. The van der Waals surface area contributed by atoms with Crippen LogP contribution in [0, 0.1) is 0 Å². The molecule has 2 N–H and O–H groups in total. The molecule has 1 aliphatic rings. The summed E-state index contributed by atoms with van der Waals surface area (Å²) in [5, 5.41) is 0. The molecule has 1 amide bonds. The zero-order valence-corrected chi connectivity index (χ0v) is 12.2. The van der Waals surface area contributed by atoms with E-state index < -0.39 is 0 Å². The summed E-state index contributed by atoms with van der Waals surface area (Å²) in [7, 11) is 2.09. The molecule has 18 heavy (non-hydrogen) atoms. The number of nitrogens with two attached hydrogens (primary N) is 1. The SMILES string of the molecule is CCN(CCC(N)=S)CC(=O)N1CCN(C)CC1. The monoisotopic (exact) mass is 272 g/mol. The van der Waals surface area contributed by atoms with Crippen LogP contribution in [-0.4, -0.2) is 78.5 Å². The fourth-order valence-electron chi connectivity index (χ4n) is 1.96. The molecule has 1 rings (SSSR count). The molecule has 0 spiro atoms. The minimum atomic E-state index is 0.216. The molecule has 1 saturated heterocycles. The Hall–Kier alpha value is -0.720. The van der Waals surface area contributed by atoms with Crippen molar-refractivity contribution in [2.24, 2.45) is 5.73 Å². The lowest BCUT2D eigenvalue weighted by Gasteiger charge is -2.33. The molecule has 0 aromatic heterocycles. The Balaban J connectivity index is 2.34. The van der Waals surface area contributed by atoms with E-state index in [1.165, 1.54) is 0 Å². The molecule has 6 heteroatoms. The third kappa shape index (κ3) is 5.29. The number of nitrogens with zero attached hydrogens (tertiary/aromatic N) is 3. The summed E-state index contributed by atoms with van der Waals surface area (Å²) in [4.78, 5) is 18.9. The van der Waals surface area contributed by atoms with Gasteiger partial charge in [-0.05, 0) is 13.6 Å². The van der Waals surface area contributed by atoms with Crippen molar-refractivity contribution in [3.8, 4) is 0 Å². The fourth-order valence-corrected chi connectivity index (χ4v) is 2.06. The first-order valence-corrected chi connectivity index (χ1v) is 6.90. The third-order valence-corrected chi connectivity index (χ3v) is 3.54. The minimum absolute atomic E-state index is 0.216. The maximum Gasteiger partial charge on any atom is 0.236 e. The number of carbonyl (C=O) groups excluding carboxylic acids is 1. The summed E-state index contributed by atoms with van der Waals surface area (Å²) in [6, 6.07) is 0. The molecule has 5 nitrogen and oxygen atoms in total. The summed E-state index contributed by atoms with van der Waals surface area (Å²) in [5.74, 6) is 0.216. The Morgan fingerprint density at radius 1 is 1.33 bits per heavy atom. The van der Waals surface area contributed by atoms with Gasteiger partial charge in [-0.1, -0.05) is 19.1 Å². The predicted molar refractivity (Wildman–Crippen MR) is 77.6 cm³/mol. The Kier molecular flexibility index (Phi) is 6.52. The van der Waals surface area contributed by atoms with Gasteiger partial charge in [-0.25, -0.2) is 0 Å². The third-order valence-electron chi connectivity index (χ3n) is 3.34. The van der Waals surface area contributed by atoms with Gasteiger partial charge in [0.25, 0.3) is 0 Å². The predicted octanol–water partition coefficient (Wildman–Crippen LogP) is -0.241. The van der Waals surface area contributed by atoms with Crippen LogP contribution in [0.5, 0.6) is 0 Å². The van der Waals surface area contributed by atoms with E-state index in [2.05, 4.69) is 23.8 Å². The minimum Gasteiger partial charge on any atom is -0.393 e. The van der Waals surface area contributed by atoms with Gasteiger partial charge in [-0.3, -0.25) is 9.69 Å². The van der Waals surface area contributed by atoms with Crippen LogP contribution >= 0.6 is 12.2 Å². The van der Waals surface area contributed by atoms with Gasteiger partial charge in [-0.2, -0.15) is 0 Å². The first-order valence-electron chi connectivity index (χ1n) is 6.50. The second-order valence-corrected chi connectivity index (χ2v) is 5.29. The van der Waals surface area contributed by atoms with Gasteiger partial charge in [0.05, 0.1) is 11.5 Å². The highest BCUT2D eigenvalue weighted by molar-refractivity contribution is 7.80. The average molecular weight is 272 g/mol. The Bertz CT molecular complexity index is 290. The molecule has 0 saturated carbocycles. The molecule has 0 bridgehead atoms. The Labute approximate surface area is 115 Å². The topological polar surface area (TPSA) is 52.8 Å². The van der Waals surface area contributed by atoms with Crippen LogP contribution in [0.1, 0.15) is 13.3 Å². The van der Waals surface area contributed by atoms with E-state index in [9.17, 15) is 4.79 Å². The quantitative estimate of drug-likeness (QED) is 0.676. The molecule has 1 heterocycles.